The van der Waals surface area contributed by atoms with Gasteiger partial charge < -0.3 is 4.74 Å². The van der Waals surface area contributed by atoms with Crippen LogP contribution < -0.4 is 4.74 Å². The first-order chi connectivity index (χ1) is 9.45. The van der Waals surface area contributed by atoms with Gasteiger partial charge in [0.15, 0.2) is 6.29 Å². The molecule has 0 radical (unpaired) electrons. The highest BCUT2D eigenvalue weighted by Crippen LogP contribution is 2.25. The SMILES string of the molecule is CCOc1ccc(-n2cc(C=O)c(C(C)(C)C)n2)cc1. The molecule has 20 heavy (non-hydrogen) atoms. The van der Waals surface area contributed by atoms with Crippen molar-refractivity contribution in [3.05, 3.63) is 41.7 Å². The third-order valence-corrected chi connectivity index (χ3v) is 2.99. The lowest BCUT2D eigenvalue weighted by Crippen LogP contribution is -2.14. The Hall–Kier alpha value is -2.10. The molecule has 0 aliphatic rings. The number of ether oxygens (including phenoxy) is 1. The Kier molecular flexibility index (Phi) is 3.93. The van der Waals surface area contributed by atoms with Crippen LogP contribution in [0.25, 0.3) is 5.69 Å². The summed E-state index contributed by atoms with van der Waals surface area (Å²) in [5.74, 6) is 0.829. The molecular formula is C16H20N2O2. The van der Waals surface area contributed by atoms with E-state index >= 15 is 0 Å². The van der Waals surface area contributed by atoms with Crippen LogP contribution in [0.15, 0.2) is 30.5 Å². The molecule has 0 fully saturated rings. The van der Waals surface area contributed by atoms with Crippen molar-refractivity contribution in [2.75, 3.05) is 6.61 Å². The minimum Gasteiger partial charge on any atom is -0.494 e. The highest BCUT2D eigenvalue weighted by atomic mass is 16.5. The van der Waals surface area contributed by atoms with Gasteiger partial charge in [0.05, 0.1) is 23.6 Å². The standard InChI is InChI=1S/C16H20N2O2/c1-5-20-14-8-6-13(7-9-14)18-10-12(11-19)15(17-18)16(2,3)4/h6-11H,5H2,1-4H3. The van der Waals surface area contributed by atoms with Crippen molar-refractivity contribution in [2.24, 2.45) is 0 Å². The van der Waals surface area contributed by atoms with Gasteiger partial charge in [-0.2, -0.15) is 5.10 Å². The Morgan fingerprint density at radius 1 is 1.25 bits per heavy atom. The van der Waals surface area contributed by atoms with E-state index in [0.29, 0.717) is 12.2 Å². The number of carbonyl (C=O) groups excluding carboxylic acids is 1. The van der Waals surface area contributed by atoms with E-state index < -0.39 is 0 Å². The summed E-state index contributed by atoms with van der Waals surface area (Å²) in [6.07, 6.45) is 2.63. The number of hydrogen-bond donors (Lipinski definition) is 0. The van der Waals surface area contributed by atoms with Gasteiger partial charge in [-0.1, -0.05) is 20.8 Å². The Labute approximate surface area is 119 Å². The molecule has 0 spiro atoms. The predicted octanol–water partition coefficient (Wildman–Crippen LogP) is 3.38. The molecule has 106 valence electrons. The number of aldehydes is 1. The first kappa shape index (κ1) is 14.3. The summed E-state index contributed by atoms with van der Waals surface area (Å²) >= 11 is 0. The Balaban J connectivity index is 2.38. The van der Waals surface area contributed by atoms with E-state index in [1.165, 1.54) is 0 Å². The zero-order valence-electron chi connectivity index (χ0n) is 12.4. The van der Waals surface area contributed by atoms with E-state index in [9.17, 15) is 4.79 Å². The second-order valence-electron chi connectivity index (χ2n) is 5.67. The van der Waals surface area contributed by atoms with Crippen LogP contribution in [0.4, 0.5) is 0 Å². The van der Waals surface area contributed by atoms with Gasteiger partial charge in [-0.25, -0.2) is 4.68 Å². The first-order valence-electron chi connectivity index (χ1n) is 6.74. The average molecular weight is 272 g/mol. The van der Waals surface area contributed by atoms with E-state index in [-0.39, 0.29) is 5.41 Å². The molecule has 1 aromatic carbocycles. The second kappa shape index (κ2) is 5.49. The summed E-state index contributed by atoms with van der Waals surface area (Å²) in [6, 6.07) is 7.66. The van der Waals surface area contributed by atoms with Gasteiger partial charge in [0.1, 0.15) is 5.75 Å². The zero-order chi connectivity index (χ0) is 14.8. The average Bonchev–Trinajstić information content (AvgIpc) is 2.84. The summed E-state index contributed by atoms with van der Waals surface area (Å²) in [5.41, 5.74) is 2.19. The Morgan fingerprint density at radius 2 is 1.90 bits per heavy atom. The Morgan fingerprint density at radius 3 is 2.35 bits per heavy atom. The van der Waals surface area contributed by atoms with Crippen LogP contribution in [0.1, 0.15) is 43.7 Å². The number of rotatable bonds is 4. The lowest BCUT2D eigenvalue weighted by molar-refractivity contribution is 0.112. The predicted molar refractivity (Wildman–Crippen MR) is 78.8 cm³/mol. The smallest absolute Gasteiger partial charge is 0.153 e. The van der Waals surface area contributed by atoms with Crippen LogP contribution in [-0.4, -0.2) is 22.7 Å². The number of nitrogens with zero attached hydrogens (tertiary/aromatic N) is 2. The van der Waals surface area contributed by atoms with Crippen molar-refractivity contribution in [3.8, 4) is 11.4 Å². The van der Waals surface area contributed by atoms with Crippen molar-refractivity contribution in [3.63, 3.8) is 0 Å². The molecule has 0 bridgehead atoms. The van der Waals surface area contributed by atoms with Crippen LogP contribution in [0, 0.1) is 0 Å². The van der Waals surface area contributed by atoms with E-state index in [0.717, 1.165) is 23.4 Å². The number of carbonyl (C=O) groups is 1. The fourth-order valence-electron chi connectivity index (χ4n) is 2.05. The summed E-state index contributed by atoms with van der Waals surface area (Å²) < 4.78 is 7.15. The van der Waals surface area contributed by atoms with Crippen LogP contribution in [-0.2, 0) is 5.41 Å². The van der Waals surface area contributed by atoms with Crippen LogP contribution in [0.2, 0.25) is 0 Å². The minimum atomic E-state index is -0.160. The summed E-state index contributed by atoms with van der Waals surface area (Å²) in [6.45, 7) is 8.73. The van der Waals surface area contributed by atoms with Crippen molar-refractivity contribution in [1.29, 1.82) is 0 Å². The molecule has 0 saturated carbocycles. The van der Waals surface area contributed by atoms with Crippen molar-refractivity contribution in [1.82, 2.24) is 9.78 Å². The zero-order valence-corrected chi connectivity index (χ0v) is 12.4. The Bertz CT molecular complexity index is 592. The van der Waals surface area contributed by atoms with Gasteiger partial charge >= 0.3 is 0 Å². The quantitative estimate of drug-likeness (QED) is 0.801. The number of benzene rings is 1. The largest absolute Gasteiger partial charge is 0.494 e. The lowest BCUT2D eigenvalue weighted by atomic mass is 9.90. The molecule has 1 heterocycles. The maximum atomic E-state index is 11.2. The highest BCUT2D eigenvalue weighted by molar-refractivity contribution is 5.77. The van der Waals surface area contributed by atoms with E-state index in [1.54, 1.807) is 10.9 Å². The van der Waals surface area contributed by atoms with Gasteiger partial charge in [-0.05, 0) is 31.2 Å². The molecule has 0 unspecified atom stereocenters. The second-order valence-corrected chi connectivity index (χ2v) is 5.67. The molecular weight excluding hydrogens is 252 g/mol. The molecule has 0 saturated heterocycles. The van der Waals surface area contributed by atoms with Crippen molar-refractivity contribution < 1.29 is 9.53 Å². The minimum absolute atomic E-state index is 0.160. The maximum absolute atomic E-state index is 11.2. The maximum Gasteiger partial charge on any atom is 0.153 e. The topological polar surface area (TPSA) is 44.1 Å². The molecule has 4 nitrogen and oxygen atoms in total. The van der Waals surface area contributed by atoms with E-state index in [1.807, 2.05) is 52.0 Å². The molecule has 0 aliphatic heterocycles. The van der Waals surface area contributed by atoms with Gasteiger partial charge in [-0.15, -0.1) is 0 Å². The van der Waals surface area contributed by atoms with Gasteiger partial charge in [-0.3, -0.25) is 4.79 Å². The van der Waals surface area contributed by atoms with Crippen LogP contribution in [0.5, 0.6) is 5.75 Å². The summed E-state index contributed by atoms with van der Waals surface area (Å²) in [7, 11) is 0. The van der Waals surface area contributed by atoms with Gasteiger partial charge in [0.2, 0.25) is 0 Å². The molecule has 0 N–H and O–H groups in total. The van der Waals surface area contributed by atoms with E-state index in [2.05, 4.69) is 5.10 Å². The van der Waals surface area contributed by atoms with Crippen LogP contribution in [0.3, 0.4) is 0 Å². The van der Waals surface area contributed by atoms with Crippen molar-refractivity contribution in [2.45, 2.75) is 33.1 Å². The lowest BCUT2D eigenvalue weighted by Gasteiger charge is -2.15. The molecule has 0 amide bonds. The summed E-state index contributed by atoms with van der Waals surface area (Å²) in [5, 5.41) is 4.54. The number of aromatic nitrogens is 2. The molecule has 0 atom stereocenters. The molecule has 1 aromatic heterocycles. The first-order valence-corrected chi connectivity index (χ1v) is 6.74. The highest BCUT2D eigenvalue weighted by Gasteiger charge is 2.22. The van der Waals surface area contributed by atoms with E-state index in [4.69, 9.17) is 4.74 Å². The molecule has 2 aromatic rings. The van der Waals surface area contributed by atoms with Crippen LogP contribution >= 0.6 is 0 Å². The molecule has 2 rings (SSSR count). The number of hydrogen-bond acceptors (Lipinski definition) is 3. The molecule has 0 aliphatic carbocycles. The fraction of sp³-hybridized carbons (Fsp3) is 0.375. The fourth-order valence-corrected chi connectivity index (χ4v) is 2.05. The van der Waals surface area contributed by atoms with Gasteiger partial charge in [0.25, 0.3) is 0 Å². The van der Waals surface area contributed by atoms with Crippen molar-refractivity contribution >= 4 is 6.29 Å². The normalized spacial score (nSPS) is 11.4. The monoisotopic (exact) mass is 272 g/mol. The molecule has 4 heteroatoms. The summed E-state index contributed by atoms with van der Waals surface area (Å²) in [4.78, 5) is 11.2. The van der Waals surface area contributed by atoms with Gasteiger partial charge in [0, 0.05) is 11.6 Å². The third-order valence-electron chi connectivity index (χ3n) is 2.99. The third kappa shape index (κ3) is 2.90.